The van der Waals surface area contributed by atoms with Crippen LogP contribution < -0.4 is 15.1 Å². The van der Waals surface area contributed by atoms with Crippen LogP contribution in [0.1, 0.15) is 10.4 Å². The third-order valence-electron chi connectivity index (χ3n) is 5.16. The minimum atomic E-state index is -0.571. The molecule has 0 saturated carbocycles. The van der Waals surface area contributed by atoms with E-state index in [1.807, 2.05) is 16.7 Å². The van der Waals surface area contributed by atoms with Crippen LogP contribution >= 0.6 is 36.0 Å². The molecule has 2 amide bonds. The van der Waals surface area contributed by atoms with Crippen LogP contribution in [0, 0.1) is 5.82 Å². The van der Waals surface area contributed by atoms with Gasteiger partial charge in [0.1, 0.15) is 11.9 Å². The number of thiol groups is 1. The molecule has 1 atom stereocenters. The first kappa shape index (κ1) is 22.1. The number of cyclic esters (lactones) is 1. The molecular weight excluding hydrogens is 461 g/mol. The second-order valence-electron chi connectivity index (χ2n) is 7.22. The molecule has 1 N–H and O–H groups in total. The monoisotopic (exact) mass is 481 g/mol. The van der Waals surface area contributed by atoms with Gasteiger partial charge in [-0.3, -0.25) is 9.69 Å². The van der Waals surface area contributed by atoms with E-state index in [1.54, 1.807) is 24.3 Å². The molecule has 6 nitrogen and oxygen atoms in total. The molecule has 2 fully saturated rings. The van der Waals surface area contributed by atoms with Crippen LogP contribution in [-0.2, 0) is 4.74 Å². The molecule has 0 aromatic heterocycles. The van der Waals surface area contributed by atoms with Crippen LogP contribution in [0.2, 0.25) is 5.02 Å². The summed E-state index contributed by atoms with van der Waals surface area (Å²) in [6.45, 7) is 1.93. The van der Waals surface area contributed by atoms with E-state index in [0.717, 1.165) is 24.6 Å². The van der Waals surface area contributed by atoms with Crippen molar-refractivity contribution in [2.45, 2.75) is 11.0 Å². The van der Waals surface area contributed by atoms with Crippen LogP contribution in [0.15, 0.2) is 41.3 Å². The van der Waals surface area contributed by atoms with E-state index in [0.29, 0.717) is 26.9 Å². The molecular formula is C21H21ClFN3O3S2. The van der Waals surface area contributed by atoms with Gasteiger partial charge in [0.2, 0.25) is 0 Å². The lowest BCUT2D eigenvalue weighted by molar-refractivity contribution is 0.0913. The van der Waals surface area contributed by atoms with Crippen LogP contribution in [-0.4, -0.2) is 55.8 Å². The predicted octanol–water partition coefficient (Wildman–Crippen LogP) is 4.08. The number of carbonyl (C=O) groups excluding carboxylic acids is 2. The Balaban J connectivity index is 1.38. The summed E-state index contributed by atoms with van der Waals surface area (Å²) in [5.41, 5.74) is 1.31. The molecule has 10 heteroatoms. The average Bonchev–Trinajstić information content (AvgIpc) is 3.14. The molecule has 0 spiro atoms. The van der Waals surface area contributed by atoms with Crippen LogP contribution in [0.25, 0.3) is 0 Å². The molecule has 0 aliphatic carbocycles. The third-order valence-corrected chi connectivity index (χ3v) is 6.73. The summed E-state index contributed by atoms with van der Waals surface area (Å²) in [5, 5.41) is 3.16. The van der Waals surface area contributed by atoms with Crippen molar-refractivity contribution in [1.82, 2.24) is 5.32 Å². The van der Waals surface area contributed by atoms with Gasteiger partial charge in [0, 0.05) is 34.5 Å². The molecule has 0 radical (unpaired) electrons. The number of amides is 2. The number of nitrogens with zero attached hydrogens (tertiary/aromatic N) is 2. The molecule has 2 saturated heterocycles. The van der Waals surface area contributed by atoms with E-state index in [-0.39, 0.29) is 24.8 Å². The molecule has 2 heterocycles. The number of rotatable bonds is 5. The topological polar surface area (TPSA) is 61.9 Å². The second-order valence-corrected chi connectivity index (χ2v) is 9.37. The minimum absolute atomic E-state index is 0.118. The lowest BCUT2D eigenvalue weighted by atomic mass is 10.2. The number of benzene rings is 2. The van der Waals surface area contributed by atoms with Crippen molar-refractivity contribution in [3.05, 3.63) is 52.8 Å². The zero-order valence-corrected chi connectivity index (χ0v) is 19.0. The Kier molecular flexibility index (Phi) is 6.83. The van der Waals surface area contributed by atoms with E-state index in [9.17, 15) is 14.0 Å². The first-order valence-corrected chi connectivity index (χ1v) is 11.8. The van der Waals surface area contributed by atoms with E-state index >= 15 is 0 Å². The maximum Gasteiger partial charge on any atom is 0.414 e. The Labute approximate surface area is 194 Å². The Bertz CT molecular complexity index is 1000. The number of nitrogens with one attached hydrogen (secondary N) is 1. The van der Waals surface area contributed by atoms with Gasteiger partial charge >= 0.3 is 6.09 Å². The summed E-state index contributed by atoms with van der Waals surface area (Å²) >= 11 is 12.1. The first-order chi connectivity index (χ1) is 14.9. The van der Waals surface area contributed by atoms with E-state index in [1.165, 1.54) is 17.0 Å². The highest BCUT2D eigenvalue weighted by molar-refractivity contribution is 7.99. The van der Waals surface area contributed by atoms with Crippen molar-refractivity contribution in [3.63, 3.8) is 0 Å². The van der Waals surface area contributed by atoms with Crippen molar-refractivity contribution in [2.75, 3.05) is 47.5 Å². The average molecular weight is 482 g/mol. The molecule has 4 rings (SSSR count). The highest BCUT2D eigenvalue weighted by atomic mass is 35.5. The Morgan fingerprint density at radius 3 is 2.77 bits per heavy atom. The number of hydrogen-bond donors (Lipinski definition) is 2. The Morgan fingerprint density at radius 1 is 1.26 bits per heavy atom. The van der Waals surface area contributed by atoms with Crippen LogP contribution in [0.3, 0.4) is 0 Å². The summed E-state index contributed by atoms with van der Waals surface area (Å²) in [5.74, 6) is 1.21. The van der Waals surface area contributed by atoms with E-state index < -0.39 is 12.2 Å². The number of ether oxygens (including phenoxy) is 1. The van der Waals surface area contributed by atoms with Crippen molar-refractivity contribution < 1.29 is 18.7 Å². The fraction of sp³-hybridized carbons (Fsp3) is 0.333. The lowest BCUT2D eigenvalue weighted by Gasteiger charge is -2.29. The highest BCUT2D eigenvalue weighted by Gasteiger charge is 2.33. The fourth-order valence-electron chi connectivity index (χ4n) is 3.55. The molecule has 2 aliphatic rings. The van der Waals surface area contributed by atoms with Crippen molar-refractivity contribution in [1.29, 1.82) is 0 Å². The number of hydrogen-bond acceptors (Lipinski definition) is 6. The first-order valence-electron chi connectivity index (χ1n) is 9.79. The van der Waals surface area contributed by atoms with Gasteiger partial charge in [0.15, 0.2) is 0 Å². The Morgan fingerprint density at radius 2 is 2.03 bits per heavy atom. The van der Waals surface area contributed by atoms with E-state index in [4.69, 9.17) is 16.3 Å². The summed E-state index contributed by atoms with van der Waals surface area (Å²) in [7, 11) is 0. The standard InChI is InChI=1S/C21H21ClFN3O3S2/c22-13-1-4-19(30)16(9-13)20(27)24-11-15-12-26(21(28)29-15)14-2-3-18(17(23)10-14)25-5-7-31-8-6-25/h1-4,9-10,15,30H,5-8,11-12H2,(H,24,27)/t15-/m0/s1. The summed E-state index contributed by atoms with van der Waals surface area (Å²) < 4.78 is 20.1. The minimum Gasteiger partial charge on any atom is -0.442 e. The Hall–Kier alpha value is -2.10. The molecule has 2 aromatic carbocycles. The largest absolute Gasteiger partial charge is 0.442 e. The molecule has 0 unspecified atom stereocenters. The molecule has 164 valence electrons. The van der Waals surface area contributed by atoms with Gasteiger partial charge in [0.25, 0.3) is 5.91 Å². The summed E-state index contributed by atoms with van der Waals surface area (Å²) in [6, 6.07) is 9.60. The lowest BCUT2D eigenvalue weighted by Crippen LogP contribution is -2.35. The van der Waals surface area contributed by atoms with Crippen LogP contribution in [0.4, 0.5) is 20.6 Å². The summed E-state index contributed by atoms with van der Waals surface area (Å²) in [4.78, 5) is 28.6. The van der Waals surface area contributed by atoms with E-state index in [2.05, 4.69) is 17.9 Å². The number of thioether (sulfide) groups is 1. The number of halogens is 2. The van der Waals surface area contributed by atoms with Gasteiger partial charge in [-0.15, -0.1) is 12.6 Å². The highest BCUT2D eigenvalue weighted by Crippen LogP contribution is 2.29. The smallest absolute Gasteiger partial charge is 0.414 e. The molecule has 2 aromatic rings. The second kappa shape index (κ2) is 9.58. The predicted molar refractivity (Wildman–Crippen MR) is 125 cm³/mol. The fourth-order valence-corrected chi connectivity index (χ4v) is 4.87. The van der Waals surface area contributed by atoms with Crippen molar-refractivity contribution in [3.8, 4) is 0 Å². The van der Waals surface area contributed by atoms with Crippen molar-refractivity contribution in [2.24, 2.45) is 0 Å². The van der Waals surface area contributed by atoms with Gasteiger partial charge in [0.05, 0.1) is 30.0 Å². The maximum atomic E-state index is 14.7. The van der Waals surface area contributed by atoms with Gasteiger partial charge in [-0.2, -0.15) is 11.8 Å². The molecule has 2 aliphatic heterocycles. The van der Waals surface area contributed by atoms with Gasteiger partial charge in [-0.1, -0.05) is 11.6 Å². The van der Waals surface area contributed by atoms with Crippen molar-refractivity contribution >= 4 is 59.4 Å². The SMILES string of the molecule is O=C(NC[C@H]1CN(c2ccc(N3CCSCC3)c(F)c2)C(=O)O1)c1cc(Cl)ccc1S. The number of carbonyl (C=O) groups is 2. The van der Waals surface area contributed by atoms with Gasteiger partial charge in [-0.25, -0.2) is 9.18 Å². The zero-order chi connectivity index (χ0) is 22.0. The normalized spacial score (nSPS) is 18.8. The molecule has 31 heavy (non-hydrogen) atoms. The third kappa shape index (κ3) is 5.05. The molecule has 0 bridgehead atoms. The van der Waals surface area contributed by atoms with Gasteiger partial charge < -0.3 is 15.0 Å². The summed E-state index contributed by atoms with van der Waals surface area (Å²) in [6.07, 6.45) is -1.13. The maximum absolute atomic E-state index is 14.7. The van der Waals surface area contributed by atoms with Gasteiger partial charge in [-0.05, 0) is 36.4 Å². The number of anilines is 2. The zero-order valence-electron chi connectivity index (χ0n) is 16.5. The van der Waals surface area contributed by atoms with Crippen LogP contribution in [0.5, 0.6) is 0 Å². The quantitative estimate of drug-likeness (QED) is 0.630.